The highest BCUT2D eigenvalue weighted by atomic mass is 79.9. The smallest absolute Gasteiger partial charge is 0.171 e. The highest BCUT2D eigenvalue weighted by Crippen LogP contribution is 2.19. The Labute approximate surface area is 115 Å². The molecule has 1 aromatic carbocycles. The van der Waals surface area contributed by atoms with Crippen LogP contribution in [0.2, 0.25) is 0 Å². The van der Waals surface area contributed by atoms with Crippen LogP contribution in [0.5, 0.6) is 0 Å². The van der Waals surface area contributed by atoms with Crippen LogP contribution in [0.25, 0.3) is 0 Å². The number of thiocarbonyl (C=S) groups is 1. The van der Waals surface area contributed by atoms with Crippen molar-refractivity contribution >= 4 is 38.9 Å². The third-order valence-electron chi connectivity index (χ3n) is 2.52. The maximum absolute atomic E-state index is 13.5. The maximum Gasteiger partial charge on any atom is 0.171 e. The van der Waals surface area contributed by atoms with Gasteiger partial charge in [0.2, 0.25) is 0 Å². The molecule has 0 amide bonds. The highest BCUT2D eigenvalue weighted by Gasteiger charge is 2.16. The van der Waals surface area contributed by atoms with E-state index in [0.717, 1.165) is 6.42 Å². The van der Waals surface area contributed by atoms with Gasteiger partial charge in [0.25, 0.3) is 0 Å². The fourth-order valence-electron chi connectivity index (χ4n) is 1.14. The van der Waals surface area contributed by atoms with E-state index in [4.69, 9.17) is 12.2 Å². The van der Waals surface area contributed by atoms with Crippen LogP contribution in [0.3, 0.4) is 0 Å². The van der Waals surface area contributed by atoms with E-state index < -0.39 is 0 Å². The second kappa shape index (κ2) is 5.78. The Balaban J connectivity index is 2.69. The molecule has 0 spiro atoms. The van der Waals surface area contributed by atoms with Crippen LogP contribution in [-0.4, -0.2) is 10.7 Å². The first-order valence-corrected chi connectivity index (χ1v) is 6.58. The molecule has 0 saturated carbocycles. The van der Waals surface area contributed by atoms with Gasteiger partial charge in [-0.05, 0) is 50.7 Å². The average molecular weight is 319 g/mol. The molecule has 1 rings (SSSR count). The standard InChI is InChI=1S/C12H16BrFN2S/c1-4-12(2,3)16-11(17)15-10-6-5-8(13)7-9(10)14/h5-7H,4H2,1-3H3,(H2,15,16,17). The highest BCUT2D eigenvalue weighted by molar-refractivity contribution is 9.10. The van der Waals surface area contributed by atoms with E-state index in [0.29, 0.717) is 15.3 Å². The lowest BCUT2D eigenvalue weighted by Crippen LogP contribution is -2.44. The summed E-state index contributed by atoms with van der Waals surface area (Å²) in [4.78, 5) is 0. The molecule has 2 nitrogen and oxygen atoms in total. The summed E-state index contributed by atoms with van der Waals surface area (Å²) in [6.45, 7) is 6.15. The third-order valence-corrected chi connectivity index (χ3v) is 3.21. The molecule has 5 heteroatoms. The van der Waals surface area contributed by atoms with E-state index in [-0.39, 0.29) is 11.4 Å². The molecule has 0 saturated heterocycles. The van der Waals surface area contributed by atoms with Crippen LogP contribution < -0.4 is 10.6 Å². The summed E-state index contributed by atoms with van der Waals surface area (Å²) in [5.41, 5.74) is 0.272. The molecule has 0 unspecified atom stereocenters. The van der Waals surface area contributed by atoms with Crippen molar-refractivity contribution in [3.63, 3.8) is 0 Å². The van der Waals surface area contributed by atoms with E-state index in [1.807, 2.05) is 13.8 Å². The molecule has 0 fully saturated rings. The minimum Gasteiger partial charge on any atom is -0.358 e. The summed E-state index contributed by atoms with van der Waals surface area (Å²) in [6, 6.07) is 4.81. The van der Waals surface area contributed by atoms with Crippen molar-refractivity contribution in [1.82, 2.24) is 5.32 Å². The fourth-order valence-corrected chi connectivity index (χ4v) is 1.86. The van der Waals surface area contributed by atoms with Crippen molar-refractivity contribution in [3.8, 4) is 0 Å². The largest absolute Gasteiger partial charge is 0.358 e. The summed E-state index contributed by atoms with van der Waals surface area (Å²) >= 11 is 8.35. The molecule has 17 heavy (non-hydrogen) atoms. The summed E-state index contributed by atoms with van der Waals surface area (Å²) in [5.74, 6) is -0.335. The summed E-state index contributed by atoms with van der Waals surface area (Å²) < 4.78 is 14.2. The lowest BCUT2D eigenvalue weighted by atomic mass is 10.0. The molecule has 0 radical (unpaired) electrons. The molecule has 0 atom stereocenters. The Hall–Kier alpha value is -0.680. The average Bonchev–Trinajstić information content (AvgIpc) is 2.21. The van der Waals surface area contributed by atoms with Crippen LogP contribution in [0.1, 0.15) is 27.2 Å². The van der Waals surface area contributed by atoms with Gasteiger partial charge >= 0.3 is 0 Å². The van der Waals surface area contributed by atoms with Crippen LogP contribution in [0.15, 0.2) is 22.7 Å². The number of rotatable bonds is 3. The van der Waals surface area contributed by atoms with E-state index in [1.165, 1.54) is 6.07 Å². The van der Waals surface area contributed by atoms with Gasteiger partial charge < -0.3 is 10.6 Å². The minimum atomic E-state index is -0.335. The minimum absolute atomic E-state index is 0.101. The third kappa shape index (κ3) is 4.60. The van der Waals surface area contributed by atoms with Crippen molar-refractivity contribution in [1.29, 1.82) is 0 Å². The van der Waals surface area contributed by atoms with Gasteiger partial charge in [-0.3, -0.25) is 0 Å². The Kier molecular flexibility index (Phi) is 4.89. The SMILES string of the molecule is CCC(C)(C)NC(=S)Nc1ccc(Br)cc1F. The number of benzene rings is 1. The van der Waals surface area contributed by atoms with Gasteiger partial charge in [-0.1, -0.05) is 22.9 Å². The van der Waals surface area contributed by atoms with Crippen molar-refractivity contribution in [2.75, 3.05) is 5.32 Å². The summed E-state index contributed by atoms with van der Waals surface area (Å²) in [6.07, 6.45) is 0.928. The first-order chi connectivity index (χ1) is 7.84. The van der Waals surface area contributed by atoms with Gasteiger partial charge in [0, 0.05) is 10.0 Å². The number of hydrogen-bond donors (Lipinski definition) is 2. The zero-order valence-electron chi connectivity index (χ0n) is 10.1. The number of anilines is 1. The van der Waals surface area contributed by atoms with Crippen LogP contribution in [-0.2, 0) is 0 Å². The molecule has 0 bridgehead atoms. The van der Waals surface area contributed by atoms with E-state index in [9.17, 15) is 4.39 Å². The molecule has 2 N–H and O–H groups in total. The summed E-state index contributed by atoms with van der Waals surface area (Å²) in [5, 5.41) is 6.42. The number of hydrogen-bond acceptors (Lipinski definition) is 1. The fraction of sp³-hybridized carbons (Fsp3) is 0.417. The molecular weight excluding hydrogens is 303 g/mol. The first-order valence-electron chi connectivity index (χ1n) is 5.38. The van der Waals surface area contributed by atoms with E-state index in [1.54, 1.807) is 12.1 Å². The summed E-state index contributed by atoms with van der Waals surface area (Å²) in [7, 11) is 0. The topological polar surface area (TPSA) is 24.1 Å². The van der Waals surface area contributed by atoms with Crippen LogP contribution in [0.4, 0.5) is 10.1 Å². The first kappa shape index (κ1) is 14.4. The second-order valence-corrected chi connectivity index (χ2v) is 5.76. The van der Waals surface area contributed by atoms with E-state index >= 15 is 0 Å². The maximum atomic E-state index is 13.5. The molecule has 0 heterocycles. The van der Waals surface area contributed by atoms with Crippen molar-refractivity contribution < 1.29 is 4.39 Å². The lowest BCUT2D eigenvalue weighted by molar-refractivity contribution is 0.447. The van der Waals surface area contributed by atoms with Crippen molar-refractivity contribution in [2.45, 2.75) is 32.7 Å². The zero-order valence-corrected chi connectivity index (χ0v) is 12.5. The Morgan fingerprint density at radius 2 is 2.12 bits per heavy atom. The second-order valence-electron chi connectivity index (χ2n) is 4.44. The predicted molar refractivity (Wildman–Crippen MR) is 77.8 cm³/mol. The monoisotopic (exact) mass is 318 g/mol. The molecule has 0 aliphatic rings. The van der Waals surface area contributed by atoms with Gasteiger partial charge in [-0.25, -0.2) is 4.39 Å². The van der Waals surface area contributed by atoms with Gasteiger partial charge in [0.1, 0.15) is 5.82 Å². The predicted octanol–water partition coefficient (Wildman–Crippen LogP) is 4.06. The van der Waals surface area contributed by atoms with Gasteiger partial charge in [-0.2, -0.15) is 0 Å². The van der Waals surface area contributed by atoms with Gasteiger partial charge in [0.15, 0.2) is 5.11 Å². The normalized spacial score (nSPS) is 11.1. The van der Waals surface area contributed by atoms with Crippen LogP contribution >= 0.6 is 28.1 Å². The molecule has 1 aromatic rings. The lowest BCUT2D eigenvalue weighted by Gasteiger charge is -2.26. The Morgan fingerprint density at radius 3 is 2.65 bits per heavy atom. The van der Waals surface area contributed by atoms with Crippen molar-refractivity contribution in [3.05, 3.63) is 28.5 Å². The van der Waals surface area contributed by atoms with E-state index in [2.05, 4.69) is 33.5 Å². The molecule has 94 valence electrons. The molecule has 0 aliphatic carbocycles. The number of nitrogens with one attached hydrogen (secondary N) is 2. The molecule has 0 aromatic heterocycles. The van der Waals surface area contributed by atoms with Crippen LogP contribution in [0, 0.1) is 5.82 Å². The quantitative estimate of drug-likeness (QED) is 0.822. The van der Waals surface area contributed by atoms with Crippen molar-refractivity contribution in [2.24, 2.45) is 0 Å². The molecular formula is C12H16BrFN2S. The Bertz CT molecular complexity index is 421. The molecule has 0 aliphatic heterocycles. The zero-order chi connectivity index (χ0) is 13.1. The van der Waals surface area contributed by atoms with Gasteiger partial charge in [0.05, 0.1) is 5.69 Å². The Morgan fingerprint density at radius 1 is 1.47 bits per heavy atom. The van der Waals surface area contributed by atoms with Gasteiger partial charge in [-0.15, -0.1) is 0 Å². The number of halogens is 2.